The van der Waals surface area contributed by atoms with Gasteiger partial charge in [-0.15, -0.1) is 0 Å². The van der Waals surface area contributed by atoms with Crippen LogP contribution in [0.15, 0.2) is 30.1 Å². The van der Waals surface area contributed by atoms with Crippen LogP contribution in [0.3, 0.4) is 0 Å². The van der Waals surface area contributed by atoms with Gasteiger partial charge in [0.25, 0.3) is 0 Å². The van der Waals surface area contributed by atoms with Crippen molar-refractivity contribution < 1.29 is 19.0 Å². The van der Waals surface area contributed by atoms with E-state index in [1.165, 1.54) is 7.11 Å². The first-order valence-corrected chi connectivity index (χ1v) is 3.88. The smallest absolute Gasteiger partial charge is 0.364 e. The topological polar surface area (TPSA) is 46.5 Å². The number of halogens is 1. The monoisotopic (exact) mass is 196 g/mol. The second kappa shape index (κ2) is 4.41. The third-order valence-corrected chi connectivity index (χ3v) is 1.59. The first-order valence-electron chi connectivity index (χ1n) is 3.88. The molecule has 0 saturated carbocycles. The molecule has 0 aliphatic rings. The molecule has 4 heteroatoms. The van der Waals surface area contributed by atoms with Crippen molar-refractivity contribution in [3.05, 3.63) is 35.7 Å². The van der Waals surface area contributed by atoms with Crippen LogP contribution in [-0.4, -0.2) is 18.2 Å². The molecule has 0 unspecified atom stereocenters. The van der Waals surface area contributed by atoms with Crippen molar-refractivity contribution in [3.63, 3.8) is 0 Å². The second-order valence-corrected chi connectivity index (χ2v) is 2.57. The Morgan fingerprint density at radius 2 is 2.29 bits per heavy atom. The van der Waals surface area contributed by atoms with Gasteiger partial charge in [-0.1, -0.05) is 12.1 Å². The minimum Gasteiger partial charge on any atom is -0.497 e. The molecule has 0 radical (unpaired) electrons. The largest absolute Gasteiger partial charge is 0.497 e. The van der Waals surface area contributed by atoms with Gasteiger partial charge >= 0.3 is 5.97 Å². The molecule has 74 valence electrons. The summed E-state index contributed by atoms with van der Waals surface area (Å²) >= 11 is 0. The predicted octanol–water partition coefficient (Wildman–Crippen LogP) is 2.09. The van der Waals surface area contributed by atoms with Crippen LogP contribution in [0.2, 0.25) is 0 Å². The molecule has 1 aromatic carbocycles. The Morgan fingerprint density at radius 3 is 2.86 bits per heavy atom. The Kier molecular flexibility index (Phi) is 3.23. The lowest BCUT2D eigenvalue weighted by atomic mass is 10.2. The van der Waals surface area contributed by atoms with Gasteiger partial charge in [-0.25, -0.2) is 4.79 Å². The molecule has 0 aromatic heterocycles. The highest BCUT2D eigenvalue weighted by atomic mass is 19.1. The van der Waals surface area contributed by atoms with E-state index in [0.717, 1.165) is 6.08 Å². The van der Waals surface area contributed by atoms with E-state index in [1.807, 2.05) is 0 Å². The normalized spacial score (nSPS) is 11.1. The van der Waals surface area contributed by atoms with E-state index in [0.29, 0.717) is 11.3 Å². The molecule has 0 aliphatic carbocycles. The van der Waals surface area contributed by atoms with Gasteiger partial charge in [0.05, 0.1) is 7.11 Å². The first kappa shape index (κ1) is 10.2. The van der Waals surface area contributed by atoms with Crippen molar-refractivity contribution in [1.29, 1.82) is 0 Å². The first-order chi connectivity index (χ1) is 6.63. The molecule has 0 spiro atoms. The summed E-state index contributed by atoms with van der Waals surface area (Å²) in [5, 5.41) is 8.30. The van der Waals surface area contributed by atoms with Crippen LogP contribution < -0.4 is 4.74 Å². The summed E-state index contributed by atoms with van der Waals surface area (Å²) in [6.07, 6.45) is 0.935. The maximum absolute atomic E-state index is 12.7. The lowest BCUT2D eigenvalue weighted by Gasteiger charge is -1.99. The SMILES string of the molecule is COc1cccc(C=C(F)C(=O)O)c1. The molecule has 0 bridgehead atoms. The number of carboxylic acid groups (broad SMARTS) is 1. The van der Waals surface area contributed by atoms with Gasteiger partial charge in [-0.2, -0.15) is 4.39 Å². The van der Waals surface area contributed by atoms with Crippen LogP contribution in [0.5, 0.6) is 5.75 Å². The highest BCUT2D eigenvalue weighted by molar-refractivity contribution is 5.89. The molecule has 14 heavy (non-hydrogen) atoms. The van der Waals surface area contributed by atoms with E-state index >= 15 is 0 Å². The fourth-order valence-electron chi connectivity index (χ4n) is 0.939. The summed E-state index contributed by atoms with van der Waals surface area (Å²) < 4.78 is 17.6. The molecule has 0 atom stereocenters. The van der Waals surface area contributed by atoms with Crippen molar-refractivity contribution in [1.82, 2.24) is 0 Å². The minimum absolute atomic E-state index is 0.448. The fraction of sp³-hybridized carbons (Fsp3) is 0.100. The van der Waals surface area contributed by atoms with Crippen molar-refractivity contribution in [2.24, 2.45) is 0 Å². The number of hydrogen-bond acceptors (Lipinski definition) is 2. The van der Waals surface area contributed by atoms with Crippen LogP contribution in [0, 0.1) is 0 Å². The van der Waals surface area contributed by atoms with Crippen molar-refractivity contribution in [2.75, 3.05) is 7.11 Å². The second-order valence-electron chi connectivity index (χ2n) is 2.57. The summed E-state index contributed by atoms with van der Waals surface area (Å²) in [4.78, 5) is 10.2. The van der Waals surface area contributed by atoms with E-state index in [4.69, 9.17) is 9.84 Å². The van der Waals surface area contributed by atoms with Crippen LogP contribution >= 0.6 is 0 Å². The van der Waals surface area contributed by atoms with Crippen molar-refractivity contribution in [3.8, 4) is 5.75 Å². The number of rotatable bonds is 3. The molecule has 1 rings (SSSR count). The molecular weight excluding hydrogens is 187 g/mol. The quantitative estimate of drug-likeness (QED) is 0.753. The zero-order valence-electron chi connectivity index (χ0n) is 7.53. The highest BCUT2D eigenvalue weighted by Crippen LogP contribution is 2.15. The predicted molar refractivity (Wildman–Crippen MR) is 49.7 cm³/mol. The zero-order valence-corrected chi connectivity index (χ0v) is 7.53. The Bertz CT molecular complexity index is 371. The third kappa shape index (κ3) is 2.58. The molecule has 0 aliphatic heterocycles. The maximum atomic E-state index is 12.7. The molecule has 1 N–H and O–H groups in total. The van der Waals surface area contributed by atoms with Crippen molar-refractivity contribution in [2.45, 2.75) is 0 Å². The minimum atomic E-state index is -1.58. The lowest BCUT2D eigenvalue weighted by molar-refractivity contribution is -0.134. The molecule has 0 saturated heterocycles. The standard InChI is InChI=1S/C10H9FO3/c1-14-8-4-2-3-7(5-8)6-9(11)10(12)13/h2-6H,1H3,(H,12,13). The number of ether oxygens (including phenoxy) is 1. The summed E-state index contributed by atoms with van der Waals surface area (Å²) in [6, 6.07) is 6.48. The summed E-state index contributed by atoms with van der Waals surface area (Å²) in [7, 11) is 1.48. The molecule has 0 heterocycles. The number of carboxylic acids is 1. The number of benzene rings is 1. The van der Waals surface area contributed by atoms with Crippen molar-refractivity contribution >= 4 is 12.0 Å². The van der Waals surface area contributed by atoms with Crippen LogP contribution in [0.25, 0.3) is 6.08 Å². The summed E-state index contributed by atoms with van der Waals surface area (Å²) in [6.45, 7) is 0. The Balaban J connectivity index is 2.97. The molecular formula is C10H9FO3. The third-order valence-electron chi connectivity index (χ3n) is 1.59. The Morgan fingerprint density at radius 1 is 1.57 bits per heavy atom. The Hall–Kier alpha value is -1.84. The van der Waals surface area contributed by atoms with Gasteiger partial charge in [0, 0.05) is 0 Å². The molecule has 0 amide bonds. The number of hydrogen-bond donors (Lipinski definition) is 1. The van der Waals surface area contributed by atoms with E-state index in [2.05, 4.69) is 0 Å². The van der Waals surface area contributed by atoms with Gasteiger partial charge in [0.2, 0.25) is 5.83 Å². The van der Waals surface area contributed by atoms with E-state index in [-0.39, 0.29) is 0 Å². The summed E-state index contributed by atoms with van der Waals surface area (Å²) in [5.74, 6) is -2.22. The van der Waals surface area contributed by atoms with Crippen LogP contribution in [-0.2, 0) is 4.79 Å². The van der Waals surface area contributed by atoms with E-state index in [1.54, 1.807) is 24.3 Å². The Labute approximate surface area is 80.4 Å². The fourth-order valence-corrected chi connectivity index (χ4v) is 0.939. The molecule has 0 fully saturated rings. The van der Waals surface area contributed by atoms with Gasteiger partial charge in [-0.3, -0.25) is 0 Å². The number of methoxy groups -OCH3 is 1. The van der Waals surface area contributed by atoms with Gasteiger partial charge in [0.15, 0.2) is 0 Å². The van der Waals surface area contributed by atoms with E-state index < -0.39 is 11.8 Å². The highest BCUT2D eigenvalue weighted by Gasteiger charge is 2.04. The average molecular weight is 196 g/mol. The zero-order chi connectivity index (χ0) is 10.6. The van der Waals surface area contributed by atoms with Crippen LogP contribution in [0.4, 0.5) is 4.39 Å². The maximum Gasteiger partial charge on any atom is 0.364 e. The van der Waals surface area contributed by atoms with Gasteiger partial charge in [0.1, 0.15) is 5.75 Å². The summed E-state index contributed by atoms with van der Waals surface area (Å²) in [5.41, 5.74) is 0.448. The lowest BCUT2D eigenvalue weighted by Crippen LogP contribution is -1.94. The van der Waals surface area contributed by atoms with E-state index in [9.17, 15) is 9.18 Å². The average Bonchev–Trinajstić information content (AvgIpc) is 2.18. The van der Waals surface area contributed by atoms with Gasteiger partial charge < -0.3 is 9.84 Å². The molecule has 3 nitrogen and oxygen atoms in total. The molecule has 1 aromatic rings. The van der Waals surface area contributed by atoms with Gasteiger partial charge in [-0.05, 0) is 23.8 Å². The number of carbonyl (C=O) groups is 1. The number of aliphatic carboxylic acids is 1. The van der Waals surface area contributed by atoms with Crippen LogP contribution in [0.1, 0.15) is 5.56 Å².